The van der Waals surface area contributed by atoms with Gasteiger partial charge in [-0.2, -0.15) is 0 Å². The number of hydrogen-bond donors (Lipinski definition) is 0. The minimum Gasteiger partial charge on any atom is -0.456 e. The summed E-state index contributed by atoms with van der Waals surface area (Å²) >= 11 is 0. The molecule has 4 heteroatoms. The zero-order valence-electron chi connectivity index (χ0n) is 30.4. The first-order valence-electron chi connectivity index (χ1n) is 18.7. The standard InChI is InChI=1S/C51H35NO3/c1-51(2)43-18-10-9-16-39(43)42-30-48-49(31-44(42)51)53-45-19-11-17-38(50(45)55-48)34-23-27-41-40-26-22-33(28-46(40)54-47(41)29-34)32-20-24-37(25-21-32)52(35-12-5-3-6-13-35)36-14-7-4-8-15-36/h3-31H,1-2H3. The number of ether oxygens (including phenoxy) is 2. The van der Waals surface area contributed by atoms with E-state index >= 15 is 0 Å². The monoisotopic (exact) mass is 709 g/mol. The highest BCUT2D eigenvalue weighted by Crippen LogP contribution is 2.56. The minimum absolute atomic E-state index is 0.118. The lowest BCUT2D eigenvalue weighted by molar-refractivity contribution is 0.360. The van der Waals surface area contributed by atoms with Gasteiger partial charge in [0.05, 0.1) is 0 Å². The molecule has 1 aromatic heterocycles. The van der Waals surface area contributed by atoms with Crippen LogP contribution in [0.3, 0.4) is 0 Å². The Hall–Kier alpha value is -7.04. The molecule has 0 N–H and O–H groups in total. The Kier molecular flexibility index (Phi) is 6.86. The van der Waals surface area contributed by atoms with E-state index in [1.165, 1.54) is 22.3 Å². The van der Waals surface area contributed by atoms with Gasteiger partial charge in [-0.25, -0.2) is 0 Å². The lowest BCUT2D eigenvalue weighted by atomic mass is 9.82. The number of para-hydroxylation sites is 3. The van der Waals surface area contributed by atoms with E-state index in [4.69, 9.17) is 13.9 Å². The maximum atomic E-state index is 6.72. The van der Waals surface area contributed by atoms with Gasteiger partial charge in [0, 0.05) is 38.8 Å². The van der Waals surface area contributed by atoms with Crippen LogP contribution in [0.4, 0.5) is 17.1 Å². The van der Waals surface area contributed by atoms with Crippen LogP contribution >= 0.6 is 0 Å². The first kappa shape index (κ1) is 31.5. The third-order valence-electron chi connectivity index (χ3n) is 11.3. The summed E-state index contributed by atoms with van der Waals surface area (Å²) in [6, 6.07) is 61.6. The van der Waals surface area contributed by atoms with Crippen LogP contribution < -0.4 is 14.4 Å². The molecule has 2 aliphatic rings. The van der Waals surface area contributed by atoms with Crippen molar-refractivity contribution < 1.29 is 13.9 Å². The summed E-state index contributed by atoms with van der Waals surface area (Å²) in [7, 11) is 0. The SMILES string of the molecule is CC1(C)c2ccccc2-c2cc3c(cc21)Oc1cccc(-c2ccc4c(c2)oc2cc(-c5ccc(N(c6ccccc6)c6ccccc6)cc5)ccc24)c1O3. The molecule has 0 spiro atoms. The molecule has 0 fully saturated rings. The summed E-state index contributed by atoms with van der Waals surface area (Å²) in [5.74, 6) is 2.88. The van der Waals surface area contributed by atoms with Crippen LogP contribution in [0.25, 0.3) is 55.3 Å². The largest absolute Gasteiger partial charge is 0.456 e. The van der Waals surface area contributed by atoms with E-state index < -0.39 is 0 Å². The summed E-state index contributed by atoms with van der Waals surface area (Å²) in [5.41, 5.74) is 14.1. The summed E-state index contributed by atoms with van der Waals surface area (Å²) < 4.78 is 19.9. The highest BCUT2D eigenvalue weighted by molar-refractivity contribution is 6.07. The molecule has 0 radical (unpaired) electrons. The second-order valence-corrected chi connectivity index (χ2v) is 14.9. The second-order valence-electron chi connectivity index (χ2n) is 14.9. The molecule has 0 saturated heterocycles. The zero-order chi connectivity index (χ0) is 36.7. The molecule has 11 rings (SSSR count). The maximum absolute atomic E-state index is 6.72. The van der Waals surface area contributed by atoms with Crippen molar-refractivity contribution in [2.24, 2.45) is 0 Å². The molecule has 4 nitrogen and oxygen atoms in total. The van der Waals surface area contributed by atoms with Crippen molar-refractivity contribution in [1.29, 1.82) is 0 Å². The predicted molar refractivity (Wildman–Crippen MR) is 223 cm³/mol. The predicted octanol–water partition coefficient (Wildman–Crippen LogP) is 14.6. The third-order valence-corrected chi connectivity index (χ3v) is 11.3. The average Bonchev–Trinajstić information content (AvgIpc) is 3.70. The molecule has 9 aromatic rings. The van der Waals surface area contributed by atoms with Gasteiger partial charge in [0.25, 0.3) is 0 Å². The molecule has 1 aliphatic carbocycles. The number of hydrogen-bond acceptors (Lipinski definition) is 4. The van der Waals surface area contributed by atoms with Crippen molar-refractivity contribution in [3.05, 3.63) is 187 Å². The number of rotatable bonds is 5. The Balaban J connectivity index is 0.918. The molecule has 55 heavy (non-hydrogen) atoms. The van der Waals surface area contributed by atoms with E-state index in [1.54, 1.807) is 0 Å². The second kappa shape index (κ2) is 12.0. The van der Waals surface area contributed by atoms with Gasteiger partial charge in [-0.1, -0.05) is 111 Å². The van der Waals surface area contributed by atoms with Crippen LogP contribution in [0.15, 0.2) is 180 Å². The van der Waals surface area contributed by atoms with Crippen LogP contribution in [-0.4, -0.2) is 0 Å². The molecular weight excluding hydrogens is 675 g/mol. The summed E-state index contributed by atoms with van der Waals surface area (Å²) in [5, 5.41) is 2.16. The topological polar surface area (TPSA) is 34.8 Å². The van der Waals surface area contributed by atoms with E-state index in [0.717, 1.165) is 72.8 Å². The fourth-order valence-corrected chi connectivity index (χ4v) is 8.55. The van der Waals surface area contributed by atoms with E-state index in [1.807, 2.05) is 24.3 Å². The number of fused-ring (bicyclic) bond motifs is 8. The fraction of sp³-hybridized carbons (Fsp3) is 0.0588. The Morgan fingerprint density at radius 3 is 1.71 bits per heavy atom. The van der Waals surface area contributed by atoms with Crippen LogP contribution in [0.1, 0.15) is 25.0 Å². The molecule has 0 bridgehead atoms. The van der Waals surface area contributed by atoms with Crippen molar-refractivity contribution >= 4 is 39.0 Å². The van der Waals surface area contributed by atoms with Gasteiger partial charge in [-0.3, -0.25) is 0 Å². The molecule has 2 heterocycles. The first-order chi connectivity index (χ1) is 27.0. The van der Waals surface area contributed by atoms with E-state index in [-0.39, 0.29) is 5.41 Å². The number of furan rings is 1. The fourth-order valence-electron chi connectivity index (χ4n) is 8.55. The van der Waals surface area contributed by atoms with Gasteiger partial charge in [-0.05, 0) is 118 Å². The zero-order valence-corrected chi connectivity index (χ0v) is 30.4. The normalized spacial score (nSPS) is 13.3. The molecule has 0 amide bonds. The Labute approximate surface area is 319 Å². The van der Waals surface area contributed by atoms with Gasteiger partial charge < -0.3 is 18.8 Å². The van der Waals surface area contributed by atoms with E-state index in [9.17, 15) is 0 Å². The number of benzene rings is 8. The highest BCUT2D eigenvalue weighted by Gasteiger charge is 2.37. The van der Waals surface area contributed by atoms with E-state index in [0.29, 0.717) is 11.5 Å². The number of nitrogens with zero attached hydrogens (tertiary/aromatic N) is 1. The van der Waals surface area contributed by atoms with Crippen LogP contribution in [0.2, 0.25) is 0 Å². The summed E-state index contributed by atoms with van der Waals surface area (Å²) in [6.07, 6.45) is 0. The van der Waals surface area contributed by atoms with Crippen molar-refractivity contribution in [1.82, 2.24) is 0 Å². The van der Waals surface area contributed by atoms with Gasteiger partial charge >= 0.3 is 0 Å². The Morgan fingerprint density at radius 2 is 0.982 bits per heavy atom. The Bertz CT molecular complexity index is 2900. The lowest BCUT2D eigenvalue weighted by Crippen LogP contribution is -2.15. The molecule has 8 aromatic carbocycles. The van der Waals surface area contributed by atoms with Crippen molar-refractivity contribution in [2.45, 2.75) is 19.3 Å². The smallest absolute Gasteiger partial charge is 0.177 e. The van der Waals surface area contributed by atoms with Crippen LogP contribution in [-0.2, 0) is 5.41 Å². The van der Waals surface area contributed by atoms with Gasteiger partial charge in [0.2, 0.25) is 0 Å². The molecular formula is C51H35NO3. The van der Waals surface area contributed by atoms with E-state index in [2.05, 4.69) is 170 Å². The molecule has 0 saturated carbocycles. The van der Waals surface area contributed by atoms with Crippen LogP contribution in [0.5, 0.6) is 23.0 Å². The quantitative estimate of drug-likeness (QED) is 0.178. The molecule has 0 unspecified atom stereocenters. The summed E-state index contributed by atoms with van der Waals surface area (Å²) in [6.45, 7) is 4.55. The van der Waals surface area contributed by atoms with Crippen LogP contribution in [0, 0.1) is 0 Å². The maximum Gasteiger partial charge on any atom is 0.177 e. The van der Waals surface area contributed by atoms with Gasteiger partial charge in [0.1, 0.15) is 11.2 Å². The van der Waals surface area contributed by atoms with Crippen molar-refractivity contribution in [2.75, 3.05) is 4.90 Å². The van der Waals surface area contributed by atoms with Crippen molar-refractivity contribution in [3.63, 3.8) is 0 Å². The average molecular weight is 710 g/mol. The summed E-state index contributed by atoms with van der Waals surface area (Å²) in [4.78, 5) is 2.27. The lowest BCUT2D eigenvalue weighted by Gasteiger charge is -2.26. The number of anilines is 3. The molecule has 0 atom stereocenters. The van der Waals surface area contributed by atoms with Gasteiger partial charge in [0.15, 0.2) is 23.0 Å². The van der Waals surface area contributed by atoms with Gasteiger partial charge in [-0.15, -0.1) is 0 Å². The Morgan fingerprint density at radius 1 is 0.400 bits per heavy atom. The molecule has 262 valence electrons. The third kappa shape index (κ3) is 4.99. The minimum atomic E-state index is -0.118. The highest BCUT2D eigenvalue weighted by atomic mass is 16.6. The molecule has 1 aliphatic heterocycles. The first-order valence-corrected chi connectivity index (χ1v) is 18.7. The van der Waals surface area contributed by atoms with Crippen molar-refractivity contribution in [3.8, 4) is 56.4 Å².